The molecular weight excluding hydrogens is 571 g/mol. The van der Waals surface area contributed by atoms with Crippen LogP contribution >= 0.6 is 11.3 Å². The van der Waals surface area contributed by atoms with Crippen LogP contribution in [-0.2, 0) is 23.3 Å². The van der Waals surface area contributed by atoms with E-state index in [-0.39, 0.29) is 28.8 Å². The smallest absolute Gasteiger partial charge is 0.293 e. The first-order chi connectivity index (χ1) is 20.0. The molecule has 1 saturated heterocycles. The second kappa shape index (κ2) is 12.1. The molecule has 220 valence electrons. The number of anilines is 4. The first-order valence-electron chi connectivity index (χ1n) is 14.0. The highest BCUT2D eigenvalue weighted by Crippen LogP contribution is 2.30. The summed E-state index contributed by atoms with van der Waals surface area (Å²) in [6.45, 7) is 7.03. The number of aromatic nitrogens is 2. The van der Waals surface area contributed by atoms with Crippen LogP contribution in [0.15, 0.2) is 59.5 Å². The molecule has 9 nitrogen and oxygen atoms in total. The fourth-order valence-electron chi connectivity index (χ4n) is 5.06. The normalized spacial score (nSPS) is 14.5. The van der Waals surface area contributed by atoms with Gasteiger partial charge in [-0.05, 0) is 67.8 Å². The molecule has 2 aromatic heterocycles. The highest BCUT2D eigenvalue weighted by molar-refractivity contribution is 7.91. The van der Waals surface area contributed by atoms with Gasteiger partial charge in [0.05, 0.1) is 22.1 Å². The lowest BCUT2D eigenvalue weighted by molar-refractivity contribution is 0.103. The van der Waals surface area contributed by atoms with Gasteiger partial charge >= 0.3 is 0 Å². The fraction of sp³-hybridized carbons (Fsp3) is 0.323. The van der Waals surface area contributed by atoms with Crippen LogP contribution in [-0.4, -0.2) is 48.5 Å². The van der Waals surface area contributed by atoms with E-state index in [0.717, 1.165) is 29.7 Å². The van der Waals surface area contributed by atoms with Gasteiger partial charge in [-0.2, -0.15) is 0 Å². The predicted molar refractivity (Wildman–Crippen MR) is 171 cm³/mol. The van der Waals surface area contributed by atoms with Crippen LogP contribution in [0, 0.1) is 13.8 Å². The van der Waals surface area contributed by atoms with Gasteiger partial charge in [-0.15, -0.1) is 11.3 Å². The van der Waals surface area contributed by atoms with E-state index < -0.39 is 9.84 Å². The van der Waals surface area contributed by atoms with Crippen molar-refractivity contribution in [3.63, 3.8) is 0 Å². The quantitative estimate of drug-likeness (QED) is 0.280. The summed E-state index contributed by atoms with van der Waals surface area (Å²) in [6, 6.07) is 15.2. The number of nitrogens with one attached hydrogen (secondary N) is 2. The van der Waals surface area contributed by atoms with E-state index in [1.54, 1.807) is 13.2 Å². The molecule has 1 aliphatic heterocycles. The van der Waals surface area contributed by atoms with E-state index in [0.29, 0.717) is 35.0 Å². The largest absolute Gasteiger partial charge is 0.369 e. The molecule has 2 N–H and O–H groups in total. The highest BCUT2D eigenvalue weighted by atomic mass is 32.2. The Hall–Kier alpha value is -3.96. The van der Waals surface area contributed by atoms with E-state index in [9.17, 15) is 18.0 Å². The fourth-order valence-corrected chi connectivity index (χ4v) is 7.23. The predicted octanol–water partition coefficient (Wildman–Crippen LogP) is 5.31. The third-order valence-corrected chi connectivity index (χ3v) is 10.2. The summed E-state index contributed by atoms with van der Waals surface area (Å²) in [5.74, 6) is 0.337. The van der Waals surface area contributed by atoms with Crippen LogP contribution in [0.4, 0.5) is 22.9 Å². The van der Waals surface area contributed by atoms with Gasteiger partial charge in [0, 0.05) is 53.8 Å². The second-order valence-electron chi connectivity index (χ2n) is 10.6. The van der Waals surface area contributed by atoms with Gasteiger partial charge in [0.15, 0.2) is 15.7 Å². The standard InChI is InChI=1S/C31H35N5O4S2/c1-5-7-22-18-28(41-21(22)3)30(37)34-26-9-6-8-25(20(26)2)27-19-35(4)31(38)29(33-27)32-23-10-12-24(13-11-23)36-14-16-42(39,40)17-15-36/h6,8-13,18-19H,5,7,14-17H2,1-4H3,(H,32,33)(H,34,37). The van der Waals surface area contributed by atoms with Crippen molar-refractivity contribution in [2.45, 2.75) is 33.6 Å². The van der Waals surface area contributed by atoms with Crippen LogP contribution in [0.25, 0.3) is 11.3 Å². The van der Waals surface area contributed by atoms with Crippen LogP contribution in [0.5, 0.6) is 0 Å². The SMILES string of the molecule is CCCc1cc(C(=O)Nc2cccc(-c3cn(C)c(=O)c(Nc4ccc(N5CCS(=O)(=O)CC5)cc4)n3)c2C)sc1C. The zero-order chi connectivity index (χ0) is 30.0. The molecule has 0 saturated carbocycles. The van der Waals surface area contributed by atoms with Crippen molar-refractivity contribution in [1.82, 2.24) is 9.55 Å². The monoisotopic (exact) mass is 605 g/mol. The zero-order valence-electron chi connectivity index (χ0n) is 24.2. The lowest BCUT2D eigenvalue weighted by Crippen LogP contribution is -2.40. The summed E-state index contributed by atoms with van der Waals surface area (Å²) in [5, 5.41) is 6.20. The Balaban J connectivity index is 1.36. The van der Waals surface area contributed by atoms with Crippen molar-refractivity contribution in [1.29, 1.82) is 0 Å². The van der Waals surface area contributed by atoms with E-state index in [2.05, 4.69) is 22.5 Å². The molecule has 2 aromatic carbocycles. The Labute approximate surface area is 250 Å². The van der Waals surface area contributed by atoms with E-state index in [1.165, 1.54) is 26.3 Å². The Morgan fingerprint density at radius 2 is 1.79 bits per heavy atom. The number of aryl methyl sites for hydroxylation is 3. The topological polar surface area (TPSA) is 113 Å². The molecule has 3 heterocycles. The van der Waals surface area contributed by atoms with Crippen molar-refractivity contribution >= 4 is 50.0 Å². The third kappa shape index (κ3) is 6.42. The van der Waals surface area contributed by atoms with Crippen LogP contribution in [0.1, 0.15) is 39.0 Å². The number of sulfone groups is 1. The molecule has 0 bridgehead atoms. The van der Waals surface area contributed by atoms with Crippen LogP contribution in [0.2, 0.25) is 0 Å². The van der Waals surface area contributed by atoms with E-state index in [4.69, 9.17) is 0 Å². The van der Waals surface area contributed by atoms with E-state index in [1.807, 2.05) is 67.3 Å². The van der Waals surface area contributed by atoms with Crippen molar-refractivity contribution in [3.05, 3.63) is 86.0 Å². The number of rotatable bonds is 8. The van der Waals surface area contributed by atoms with Gasteiger partial charge in [0.25, 0.3) is 11.5 Å². The summed E-state index contributed by atoms with van der Waals surface area (Å²) in [4.78, 5) is 34.6. The Bertz CT molecular complexity index is 1780. The molecule has 0 radical (unpaired) electrons. The molecule has 1 amide bonds. The van der Waals surface area contributed by atoms with Gasteiger partial charge in [-0.1, -0.05) is 25.5 Å². The number of thiophene rings is 1. The molecule has 0 atom stereocenters. The van der Waals surface area contributed by atoms with Gasteiger partial charge < -0.3 is 20.1 Å². The maximum Gasteiger partial charge on any atom is 0.293 e. The number of hydrogen-bond acceptors (Lipinski definition) is 8. The number of hydrogen-bond donors (Lipinski definition) is 2. The third-order valence-electron chi connectivity index (χ3n) is 7.53. The summed E-state index contributed by atoms with van der Waals surface area (Å²) in [6.07, 6.45) is 3.67. The van der Waals surface area contributed by atoms with Crippen molar-refractivity contribution < 1.29 is 13.2 Å². The van der Waals surface area contributed by atoms with Gasteiger partial charge in [-0.25, -0.2) is 13.4 Å². The average Bonchev–Trinajstić information content (AvgIpc) is 3.33. The maximum atomic E-state index is 13.1. The zero-order valence-corrected chi connectivity index (χ0v) is 25.9. The lowest BCUT2D eigenvalue weighted by atomic mass is 10.0. The maximum absolute atomic E-state index is 13.1. The molecule has 5 rings (SSSR count). The van der Waals surface area contributed by atoms with Crippen LogP contribution in [0.3, 0.4) is 0 Å². The average molecular weight is 606 g/mol. The number of amides is 1. The molecule has 0 spiro atoms. The summed E-state index contributed by atoms with van der Waals surface area (Å²) in [5.41, 5.74) is 5.49. The molecule has 11 heteroatoms. The summed E-state index contributed by atoms with van der Waals surface area (Å²) < 4.78 is 25.0. The number of carbonyl (C=O) groups excluding carboxylic acids is 1. The molecule has 4 aromatic rings. The molecular formula is C31H35N5O4S2. The lowest BCUT2D eigenvalue weighted by Gasteiger charge is -2.28. The van der Waals surface area contributed by atoms with Gasteiger partial charge in [0.1, 0.15) is 0 Å². The first kappa shape index (κ1) is 29.5. The summed E-state index contributed by atoms with van der Waals surface area (Å²) in [7, 11) is -1.27. The van der Waals surface area contributed by atoms with Gasteiger partial charge in [0.2, 0.25) is 0 Å². The minimum atomic E-state index is -2.96. The molecule has 1 aliphatic rings. The van der Waals surface area contributed by atoms with Gasteiger partial charge in [-0.3, -0.25) is 9.59 Å². The van der Waals surface area contributed by atoms with Crippen molar-refractivity contribution in [2.75, 3.05) is 40.1 Å². The molecule has 42 heavy (non-hydrogen) atoms. The number of carbonyl (C=O) groups is 1. The Morgan fingerprint density at radius 1 is 1.07 bits per heavy atom. The summed E-state index contributed by atoms with van der Waals surface area (Å²) >= 11 is 1.51. The number of nitrogens with zero attached hydrogens (tertiary/aromatic N) is 3. The van der Waals surface area contributed by atoms with Crippen molar-refractivity contribution in [2.24, 2.45) is 7.05 Å². The Kier molecular flexibility index (Phi) is 8.51. The molecule has 0 aliphatic carbocycles. The van der Waals surface area contributed by atoms with Crippen LogP contribution < -0.4 is 21.1 Å². The molecule has 0 unspecified atom stereocenters. The van der Waals surface area contributed by atoms with Crippen molar-refractivity contribution in [3.8, 4) is 11.3 Å². The minimum absolute atomic E-state index is 0.142. The Morgan fingerprint density at radius 3 is 2.48 bits per heavy atom. The number of benzene rings is 2. The second-order valence-corrected chi connectivity index (χ2v) is 14.1. The molecule has 1 fully saturated rings. The van der Waals surface area contributed by atoms with E-state index >= 15 is 0 Å². The minimum Gasteiger partial charge on any atom is -0.369 e. The highest BCUT2D eigenvalue weighted by Gasteiger charge is 2.22. The first-order valence-corrected chi connectivity index (χ1v) is 16.6.